The van der Waals surface area contributed by atoms with Gasteiger partial charge in [-0.05, 0) is 49.9 Å². The Morgan fingerprint density at radius 3 is 2.72 bits per heavy atom. The van der Waals surface area contributed by atoms with Crippen LogP contribution in [-0.2, 0) is 16.3 Å². The molecule has 4 heteroatoms. The van der Waals surface area contributed by atoms with E-state index >= 15 is 0 Å². The molecule has 3 nitrogen and oxygen atoms in total. The zero-order valence-corrected chi connectivity index (χ0v) is 11.9. The summed E-state index contributed by atoms with van der Waals surface area (Å²) in [5.74, 6) is 0. The first-order valence-electron chi connectivity index (χ1n) is 6.50. The Balaban J connectivity index is 2.26. The van der Waals surface area contributed by atoms with Gasteiger partial charge in [0.05, 0.1) is 4.90 Å². The van der Waals surface area contributed by atoms with E-state index in [-0.39, 0.29) is 0 Å². The Labute approximate surface area is 110 Å². The summed E-state index contributed by atoms with van der Waals surface area (Å²) in [5.41, 5.74) is 1.94. The molecule has 100 valence electrons. The molecule has 1 aromatic rings. The monoisotopic (exact) mass is 267 g/mol. The Bertz CT molecular complexity index is 517. The largest absolute Gasteiger partial charge is 0.314 e. The molecule has 1 aromatic carbocycles. The van der Waals surface area contributed by atoms with E-state index in [0.29, 0.717) is 10.9 Å². The van der Waals surface area contributed by atoms with Crippen LogP contribution in [0.1, 0.15) is 30.4 Å². The van der Waals surface area contributed by atoms with E-state index in [4.69, 9.17) is 0 Å². The second-order valence-electron chi connectivity index (χ2n) is 5.23. The zero-order valence-electron chi connectivity index (χ0n) is 11.1. The molecule has 2 rings (SSSR count). The summed E-state index contributed by atoms with van der Waals surface area (Å²) < 4.78 is 23.7. The molecule has 1 aliphatic rings. The summed E-state index contributed by atoms with van der Waals surface area (Å²) in [6, 6.07) is 6.16. The molecule has 0 bridgehead atoms. The van der Waals surface area contributed by atoms with E-state index in [0.717, 1.165) is 30.5 Å². The number of rotatable bonds is 3. The number of piperidine rings is 1. The molecule has 1 aliphatic heterocycles. The zero-order chi connectivity index (χ0) is 13.2. The number of sulfone groups is 1. The van der Waals surface area contributed by atoms with E-state index in [2.05, 4.69) is 5.32 Å². The molecule has 1 saturated heterocycles. The molecule has 0 spiro atoms. The topological polar surface area (TPSA) is 46.2 Å². The van der Waals surface area contributed by atoms with E-state index < -0.39 is 9.84 Å². The van der Waals surface area contributed by atoms with Gasteiger partial charge in [-0.3, -0.25) is 0 Å². The highest BCUT2D eigenvalue weighted by atomic mass is 32.2. The molecule has 0 amide bonds. The second-order valence-corrected chi connectivity index (χ2v) is 7.22. The van der Waals surface area contributed by atoms with Gasteiger partial charge in [0.15, 0.2) is 9.84 Å². The number of aryl methyl sites for hydroxylation is 1. The van der Waals surface area contributed by atoms with Gasteiger partial charge in [0, 0.05) is 12.3 Å². The van der Waals surface area contributed by atoms with Crippen molar-refractivity contribution in [1.82, 2.24) is 5.32 Å². The van der Waals surface area contributed by atoms with Crippen LogP contribution in [0.15, 0.2) is 23.1 Å². The summed E-state index contributed by atoms with van der Waals surface area (Å²) in [7, 11) is -3.13. The predicted octanol–water partition coefficient (Wildman–Crippen LogP) is 2.08. The van der Waals surface area contributed by atoms with Crippen LogP contribution in [0.3, 0.4) is 0 Å². The molecule has 0 saturated carbocycles. The van der Waals surface area contributed by atoms with Crippen molar-refractivity contribution in [3.8, 4) is 0 Å². The third-order valence-electron chi connectivity index (χ3n) is 3.50. The quantitative estimate of drug-likeness (QED) is 0.912. The van der Waals surface area contributed by atoms with Gasteiger partial charge in [0.25, 0.3) is 0 Å². The minimum absolute atomic E-state index is 0.418. The summed E-state index contributed by atoms with van der Waals surface area (Å²) in [4.78, 5) is 0.495. The number of hydrogen-bond acceptors (Lipinski definition) is 3. The van der Waals surface area contributed by atoms with Gasteiger partial charge in [-0.15, -0.1) is 0 Å². The second kappa shape index (κ2) is 5.41. The van der Waals surface area contributed by atoms with Gasteiger partial charge in [0.2, 0.25) is 0 Å². The number of benzene rings is 1. The Morgan fingerprint density at radius 1 is 1.33 bits per heavy atom. The first-order valence-corrected chi connectivity index (χ1v) is 8.39. The Morgan fingerprint density at radius 2 is 2.11 bits per heavy atom. The van der Waals surface area contributed by atoms with Crippen LogP contribution in [0, 0.1) is 6.92 Å². The maximum Gasteiger partial charge on any atom is 0.175 e. The van der Waals surface area contributed by atoms with Crippen LogP contribution in [0.4, 0.5) is 0 Å². The summed E-state index contributed by atoms with van der Waals surface area (Å²) in [5, 5.41) is 3.47. The number of hydrogen-bond donors (Lipinski definition) is 1. The SMILES string of the molecule is Cc1ccc(CC2CCCCN2)c(S(C)(=O)=O)c1. The molecule has 1 unspecified atom stereocenters. The summed E-state index contributed by atoms with van der Waals surface area (Å²) in [6.45, 7) is 2.97. The summed E-state index contributed by atoms with van der Waals surface area (Å²) >= 11 is 0. The van der Waals surface area contributed by atoms with Crippen LogP contribution in [0.5, 0.6) is 0 Å². The Hall–Kier alpha value is -0.870. The lowest BCUT2D eigenvalue weighted by molar-refractivity contribution is 0.398. The van der Waals surface area contributed by atoms with Gasteiger partial charge >= 0.3 is 0 Å². The molecule has 1 atom stereocenters. The van der Waals surface area contributed by atoms with Crippen molar-refractivity contribution >= 4 is 9.84 Å². The van der Waals surface area contributed by atoms with Gasteiger partial charge in [0.1, 0.15) is 0 Å². The van der Waals surface area contributed by atoms with E-state index in [1.165, 1.54) is 19.1 Å². The molecular weight excluding hydrogens is 246 g/mol. The van der Waals surface area contributed by atoms with Crippen molar-refractivity contribution in [2.75, 3.05) is 12.8 Å². The normalized spacial score (nSPS) is 20.9. The highest BCUT2D eigenvalue weighted by Gasteiger charge is 2.18. The summed E-state index contributed by atoms with van der Waals surface area (Å²) in [6.07, 6.45) is 5.69. The fraction of sp³-hybridized carbons (Fsp3) is 0.571. The molecule has 1 fully saturated rings. The fourth-order valence-electron chi connectivity index (χ4n) is 2.54. The van der Waals surface area contributed by atoms with Crippen molar-refractivity contribution in [2.45, 2.75) is 43.5 Å². The lowest BCUT2D eigenvalue weighted by Crippen LogP contribution is -2.35. The van der Waals surface area contributed by atoms with Gasteiger partial charge in [-0.2, -0.15) is 0 Å². The molecule has 1 heterocycles. The highest BCUT2D eigenvalue weighted by molar-refractivity contribution is 7.90. The minimum Gasteiger partial charge on any atom is -0.314 e. The van der Waals surface area contributed by atoms with Gasteiger partial charge < -0.3 is 5.32 Å². The average Bonchev–Trinajstić information content (AvgIpc) is 2.31. The van der Waals surface area contributed by atoms with Crippen molar-refractivity contribution in [3.05, 3.63) is 29.3 Å². The van der Waals surface area contributed by atoms with Crippen LogP contribution < -0.4 is 5.32 Å². The first-order chi connectivity index (χ1) is 8.47. The van der Waals surface area contributed by atoms with Crippen molar-refractivity contribution in [3.63, 3.8) is 0 Å². The smallest absolute Gasteiger partial charge is 0.175 e. The van der Waals surface area contributed by atoms with E-state index in [1.54, 1.807) is 6.07 Å². The van der Waals surface area contributed by atoms with Gasteiger partial charge in [-0.25, -0.2) is 8.42 Å². The molecule has 0 aromatic heterocycles. The van der Waals surface area contributed by atoms with E-state index in [1.807, 2.05) is 19.1 Å². The minimum atomic E-state index is -3.13. The maximum absolute atomic E-state index is 11.8. The highest BCUT2D eigenvalue weighted by Crippen LogP contribution is 2.21. The van der Waals surface area contributed by atoms with Crippen molar-refractivity contribution in [2.24, 2.45) is 0 Å². The molecule has 0 radical (unpaired) electrons. The van der Waals surface area contributed by atoms with Crippen LogP contribution in [0.25, 0.3) is 0 Å². The van der Waals surface area contributed by atoms with Crippen LogP contribution in [0.2, 0.25) is 0 Å². The average molecular weight is 267 g/mol. The fourth-order valence-corrected chi connectivity index (χ4v) is 3.57. The van der Waals surface area contributed by atoms with Crippen LogP contribution >= 0.6 is 0 Å². The van der Waals surface area contributed by atoms with E-state index in [9.17, 15) is 8.42 Å². The van der Waals surface area contributed by atoms with Gasteiger partial charge in [-0.1, -0.05) is 18.6 Å². The van der Waals surface area contributed by atoms with Crippen LogP contribution in [-0.4, -0.2) is 27.3 Å². The standard InChI is InChI=1S/C14H21NO2S/c1-11-6-7-12(14(9-11)18(2,16)17)10-13-5-3-4-8-15-13/h6-7,9,13,15H,3-5,8,10H2,1-2H3. The molecular formula is C14H21NO2S. The molecule has 0 aliphatic carbocycles. The number of nitrogens with one attached hydrogen (secondary N) is 1. The third-order valence-corrected chi connectivity index (χ3v) is 4.68. The van der Waals surface area contributed by atoms with Crippen molar-refractivity contribution < 1.29 is 8.42 Å². The third kappa shape index (κ3) is 3.33. The lowest BCUT2D eigenvalue weighted by atomic mass is 9.97. The Kier molecular flexibility index (Phi) is 4.07. The maximum atomic E-state index is 11.8. The lowest BCUT2D eigenvalue weighted by Gasteiger charge is -2.24. The molecule has 18 heavy (non-hydrogen) atoms. The predicted molar refractivity (Wildman–Crippen MR) is 73.6 cm³/mol. The van der Waals surface area contributed by atoms with Crippen molar-refractivity contribution in [1.29, 1.82) is 0 Å². The molecule has 1 N–H and O–H groups in total. The first kappa shape index (κ1) is 13.6.